The summed E-state index contributed by atoms with van der Waals surface area (Å²) in [5, 5.41) is 0. The summed E-state index contributed by atoms with van der Waals surface area (Å²) in [6, 6.07) is 43.9. The van der Waals surface area contributed by atoms with Crippen molar-refractivity contribution >= 4 is 57.2 Å². The molecule has 0 N–H and O–H groups in total. The number of fused-ring (bicyclic) bond motifs is 4. The van der Waals surface area contributed by atoms with Crippen LogP contribution in [0.1, 0.15) is 24.9 Å². The van der Waals surface area contributed by atoms with Gasteiger partial charge in [0.1, 0.15) is 0 Å². The third-order valence-electron chi connectivity index (χ3n) is 9.39. The summed E-state index contributed by atoms with van der Waals surface area (Å²) in [5.74, 6) is 0. The largest absolute Gasteiger partial charge is 0.311 e. The van der Waals surface area contributed by atoms with Crippen LogP contribution in [0.3, 0.4) is 0 Å². The zero-order chi connectivity index (χ0) is 37.4. The first-order chi connectivity index (χ1) is 26.0. The molecule has 0 aliphatic carbocycles. The standard InChI is InChI=1S/C43H33BN4/c1-28-20-22-45-35(24-28)31-12-4-8-16-37(31)47-39-18-10-6-14-33(39)44-34-15-7-11-19-40(34)48(42-27-30(3)26-41(47)43(42)44)38-17-9-5-13-32(38)36-25-29(2)21-23-46-36/h4-27H,1-3H3/i1D3,2D3. The third-order valence-corrected chi connectivity index (χ3v) is 9.39. The van der Waals surface area contributed by atoms with E-state index in [1.807, 2.05) is 36.4 Å². The highest BCUT2D eigenvalue weighted by Gasteiger charge is 2.43. The molecule has 0 saturated carbocycles. The lowest BCUT2D eigenvalue weighted by molar-refractivity contribution is 1.22. The molecule has 4 heterocycles. The van der Waals surface area contributed by atoms with Gasteiger partial charge >= 0.3 is 0 Å². The van der Waals surface area contributed by atoms with Crippen LogP contribution >= 0.6 is 0 Å². The van der Waals surface area contributed by atoms with Crippen molar-refractivity contribution in [2.45, 2.75) is 20.6 Å². The van der Waals surface area contributed by atoms with Gasteiger partial charge in [-0.05, 0) is 114 Å². The molecular formula is C43H33BN4. The minimum Gasteiger partial charge on any atom is -0.311 e. The van der Waals surface area contributed by atoms with Gasteiger partial charge in [0.2, 0.25) is 0 Å². The van der Waals surface area contributed by atoms with Crippen LogP contribution in [0.4, 0.5) is 34.1 Å². The highest BCUT2D eigenvalue weighted by atomic mass is 15.2. The summed E-state index contributed by atoms with van der Waals surface area (Å²) in [4.78, 5) is 13.9. The smallest absolute Gasteiger partial charge is 0.252 e. The van der Waals surface area contributed by atoms with Crippen LogP contribution < -0.4 is 26.2 Å². The normalized spacial score (nSPS) is 15.1. The third kappa shape index (κ3) is 4.39. The van der Waals surface area contributed by atoms with Gasteiger partial charge in [0.05, 0.1) is 22.8 Å². The quantitative estimate of drug-likeness (QED) is 0.184. The Kier molecular flexibility index (Phi) is 5.22. The van der Waals surface area contributed by atoms with Crippen molar-refractivity contribution in [3.05, 3.63) is 163 Å². The van der Waals surface area contributed by atoms with Crippen molar-refractivity contribution in [1.29, 1.82) is 0 Å². The molecule has 4 nitrogen and oxygen atoms in total. The Morgan fingerprint density at radius 2 is 0.917 bits per heavy atom. The van der Waals surface area contributed by atoms with E-state index >= 15 is 0 Å². The Morgan fingerprint density at radius 3 is 1.40 bits per heavy atom. The number of hydrogen-bond donors (Lipinski definition) is 0. The second kappa shape index (κ2) is 11.1. The average Bonchev–Trinajstić information content (AvgIpc) is 3.17. The molecule has 5 aromatic carbocycles. The minimum atomic E-state index is -2.27. The van der Waals surface area contributed by atoms with Gasteiger partial charge in [-0.1, -0.05) is 72.8 Å². The van der Waals surface area contributed by atoms with E-state index in [4.69, 9.17) is 8.22 Å². The summed E-state index contributed by atoms with van der Waals surface area (Å²) < 4.78 is 48.5. The number of pyridine rings is 2. The topological polar surface area (TPSA) is 32.3 Å². The van der Waals surface area contributed by atoms with Gasteiger partial charge in [-0.15, -0.1) is 0 Å². The molecule has 0 amide bonds. The maximum absolute atomic E-state index is 8.09. The average molecular weight is 623 g/mol. The Bertz CT molecular complexity index is 2430. The molecule has 9 rings (SSSR count). The molecule has 48 heavy (non-hydrogen) atoms. The fourth-order valence-corrected chi connectivity index (χ4v) is 7.48. The van der Waals surface area contributed by atoms with Crippen LogP contribution in [0.15, 0.2) is 146 Å². The van der Waals surface area contributed by atoms with Crippen LogP contribution in [0.25, 0.3) is 22.5 Å². The van der Waals surface area contributed by atoms with Crippen LogP contribution in [-0.4, -0.2) is 16.7 Å². The van der Waals surface area contributed by atoms with E-state index < -0.39 is 13.7 Å². The lowest BCUT2D eigenvalue weighted by Gasteiger charge is -2.45. The fourth-order valence-electron chi connectivity index (χ4n) is 7.48. The highest BCUT2D eigenvalue weighted by Crippen LogP contribution is 2.47. The van der Waals surface area contributed by atoms with Gasteiger partial charge < -0.3 is 9.80 Å². The summed E-state index contributed by atoms with van der Waals surface area (Å²) in [6.45, 7) is -2.54. The molecule has 7 aromatic rings. The number of hydrogen-bond acceptors (Lipinski definition) is 4. The molecule has 0 saturated heterocycles. The van der Waals surface area contributed by atoms with E-state index in [9.17, 15) is 0 Å². The Balaban J connectivity index is 1.31. The maximum atomic E-state index is 8.09. The van der Waals surface area contributed by atoms with Crippen molar-refractivity contribution < 1.29 is 8.22 Å². The van der Waals surface area contributed by atoms with Crippen molar-refractivity contribution in [3.63, 3.8) is 0 Å². The first-order valence-corrected chi connectivity index (χ1v) is 16.0. The maximum Gasteiger partial charge on any atom is 0.252 e. The molecule has 2 aromatic heterocycles. The molecule has 0 unspecified atom stereocenters. The van der Waals surface area contributed by atoms with Crippen LogP contribution in [0, 0.1) is 20.6 Å². The number of rotatable bonds is 4. The Hall–Kier alpha value is -5.94. The fraction of sp³-hybridized carbons (Fsp3) is 0.0698. The summed E-state index contributed by atoms with van der Waals surface area (Å²) in [6.07, 6.45) is 3.13. The predicted molar refractivity (Wildman–Crippen MR) is 201 cm³/mol. The van der Waals surface area contributed by atoms with E-state index in [-0.39, 0.29) is 17.8 Å². The first-order valence-electron chi connectivity index (χ1n) is 19.0. The first kappa shape index (κ1) is 22.6. The monoisotopic (exact) mass is 622 g/mol. The Morgan fingerprint density at radius 1 is 0.479 bits per heavy atom. The molecule has 0 atom stereocenters. The molecule has 0 fully saturated rings. The van der Waals surface area contributed by atoms with Gasteiger partial charge in [-0.25, -0.2) is 0 Å². The van der Waals surface area contributed by atoms with E-state index in [1.165, 1.54) is 0 Å². The van der Waals surface area contributed by atoms with Gasteiger partial charge in [-0.2, -0.15) is 0 Å². The molecule has 228 valence electrons. The van der Waals surface area contributed by atoms with Crippen molar-refractivity contribution in [2.75, 3.05) is 9.80 Å². The van der Waals surface area contributed by atoms with Gasteiger partial charge in [-0.3, -0.25) is 9.97 Å². The van der Waals surface area contributed by atoms with Gasteiger partial charge in [0.25, 0.3) is 6.71 Å². The van der Waals surface area contributed by atoms with E-state index in [1.54, 1.807) is 36.7 Å². The summed E-state index contributed by atoms with van der Waals surface area (Å²) in [7, 11) is 0. The number of anilines is 6. The van der Waals surface area contributed by atoms with E-state index in [2.05, 4.69) is 99.5 Å². The number of aryl methyl sites for hydroxylation is 3. The van der Waals surface area contributed by atoms with E-state index in [0.29, 0.717) is 11.4 Å². The van der Waals surface area contributed by atoms with Crippen molar-refractivity contribution in [2.24, 2.45) is 0 Å². The molecule has 5 heteroatoms. The summed E-state index contributed by atoms with van der Waals surface area (Å²) >= 11 is 0. The zero-order valence-electron chi connectivity index (χ0n) is 32.2. The zero-order valence-corrected chi connectivity index (χ0v) is 26.2. The highest BCUT2D eigenvalue weighted by molar-refractivity contribution is 7.00. The van der Waals surface area contributed by atoms with Crippen LogP contribution in [0.5, 0.6) is 0 Å². The molecule has 0 bridgehead atoms. The lowest BCUT2D eigenvalue weighted by atomic mass is 9.33. The summed E-state index contributed by atoms with van der Waals surface area (Å²) in [5.41, 5.74) is 13.5. The second-order valence-corrected chi connectivity index (χ2v) is 12.3. The van der Waals surface area contributed by atoms with Crippen LogP contribution in [-0.2, 0) is 0 Å². The molecule has 2 aliphatic rings. The molecule has 0 radical (unpaired) electrons. The van der Waals surface area contributed by atoms with Crippen molar-refractivity contribution in [1.82, 2.24) is 9.97 Å². The van der Waals surface area contributed by atoms with Crippen molar-refractivity contribution in [3.8, 4) is 22.5 Å². The minimum absolute atomic E-state index is 0.0937. The molecule has 0 spiro atoms. The molecule has 2 aliphatic heterocycles. The predicted octanol–water partition coefficient (Wildman–Crippen LogP) is 8.82. The SMILES string of the molecule is [2H]C([2H])([2H])c1ccnc(-c2ccccc2N2c3ccccc3B3c4ccccc4N(c4ccccc4-c4cc(C([2H])([2H])[2H])ccn4)c4cc(C)cc2c43)c1. The Labute approximate surface area is 290 Å². The van der Waals surface area contributed by atoms with Gasteiger partial charge in [0, 0.05) is 54.5 Å². The molecular weight excluding hydrogens is 583 g/mol. The number of nitrogens with zero attached hydrogens (tertiary/aromatic N) is 4. The number of benzene rings is 5. The van der Waals surface area contributed by atoms with E-state index in [0.717, 1.165) is 67.2 Å². The number of aromatic nitrogens is 2. The second-order valence-electron chi connectivity index (χ2n) is 12.3. The van der Waals surface area contributed by atoms with Crippen LogP contribution in [0.2, 0.25) is 0 Å². The number of para-hydroxylation sites is 4. The lowest BCUT2D eigenvalue weighted by Crippen LogP contribution is -2.61. The van der Waals surface area contributed by atoms with Gasteiger partial charge in [0.15, 0.2) is 0 Å².